The summed E-state index contributed by atoms with van der Waals surface area (Å²) in [5.41, 5.74) is 3.37. The Morgan fingerprint density at radius 3 is 2.17 bits per heavy atom. The largest absolute Gasteiger partial charge is 0.294 e. The first-order valence-corrected chi connectivity index (χ1v) is 7.55. The van der Waals surface area contributed by atoms with Gasteiger partial charge in [0.2, 0.25) is 0 Å². The van der Waals surface area contributed by atoms with Crippen LogP contribution in [0.5, 0.6) is 0 Å². The third-order valence-corrected chi connectivity index (χ3v) is 3.80. The first-order valence-electron chi connectivity index (χ1n) is 7.55. The number of Topliss-reactive ketones (excluding diaryl/α,β-unsaturated/α-hetero) is 1. The number of nitro benzene ring substituents is 1. The second-order valence-corrected chi connectivity index (χ2v) is 5.47. The van der Waals surface area contributed by atoms with Gasteiger partial charge in [0.15, 0.2) is 5.78 Å². The molecule has 0 N–H and O–H groups in total. The molecule has 4 nitrogen and oxygen atoms in total. The van der Waals surface area contributed by atoms with E-state index in [0.29, 0.717) is 11.1 Å². The van der Waals surface area contributed by atoms with Crippen molar-refractivity contribution in [3.63, 3.8) is 0 Å². The maximum atomic E-state index is 12.4. The third kappa shape index (κ3) is 3.55. The number of non-ortho nitro benzene ring substituents is 1. The van der Waals surface area contributed by atoms with Crippen molar-refractivity contribution in [3.05, 3.63) is 100 Å². The number of hydrogen-bond acceptors (Lipinski definition) is 3. The first-order chi connectivity index (χ1) is 11.6. The molecule has 0 spiro atoms. The lowest BCUT2D eigenvalue weighted by Gasteiger charge is -2.05. The summed E-state index contributed by atoms with van der Waals surface area (Å²) in [5, 5.41) is 10.8. The van der Waals surface area contributed by atoms with Crippen LogP contribution in [0.3, 0.4) is 0 Å². The molecule has 0 heterocycles. The molecule has 0 aromatic heterocycles. The van der Waals surface area contributed by atoms with E-state index in [1.807, 2.05) is 42.5 Å². The van der Waals surface area contributed by atoms with Gasteiger partial charge >= 0.3 is 0 Å². The predicted octanol–water partition coefficient (Wildman–Crippen LogP) is 4.69. The number of rotatable bonds is 5. The second-order valence-electron chi connectivity index (χ2n) is 5.47. The Hall–Kier alpha value is -3.27. The van der Waals surface area contributed by atoms with Gasteiger partial charge in [-0.2, -0.15) is 0 Å². The summed E-state index contributed by atoms with van der Waals surface area (Å²) >= 11 is 0. The number of carbonyl (C=O) groups is 1. The lowest BCUT2D eigenvalue weighted by atomic mass is 9.99. The van der Waals surface area contributed by atoms with Crippen molar-refractivity contribution >= 4 is 11.5 Å². The van der Waals surface area contributed by atoms with Crippen LogP contribution >= 0.6 is 0 Å². The standard InChI is InChI=1S/C20H15NO3/c22-20(14-15-5-4-8-19(13-15)21(23)24)18-11-9-17(10-12-18)16-6-2-1-3-7-16/h1-13H,14H2. The lowest BCUT2D eigenvalue weighted by Crippen LogP contribution is -2.03. The fourth-order valence-corrected chi connectivity index (χ4v) is 2.55. The van der Waals surface area contributed by atoms with Crippen molar-refractivity contribution in [2.45, 2.75) is 6.42 Å². The fraction of sp³-hybridized carbons (Fsp3) is 0.0500. The molecule has 4 heteroatoms. The number of nitrogens with zero attached hydrogens (tertiary/aromatic N) is 1. The molecule has 0 fully saturated rings. The van der Waals surface area contributed by atoms with Crippen LogP contribution in [0.4, 0.5) is 5.69 Å². The lowest BCUT2D eigenvalue weighted by molar-refractivity contribution is -0.384. The van der Waals surface area contributed by atoms with Crippen molar-refractivity contribution in [1.82, 2.24) is 0 Å². The van der Waals surface area contributed by atoms with Crippen LogP contribution in [0, 0.1) is 10.1 Å². The van der Waals surface area contributed by atoms with Gasteiger partial charge in [-0.25, -0.2) is 0 Å². The van der Waals surface area contributed by atoms with E-state index in [0.717, 1.165) is 11.1 Å². The van der Waals surface area contributed by atoms with E-state index in [2.05, 4.69) is 0 Å². The number of ketones is 1. The van der Waals surface area contributed by atoms with Crippen LogP contribution in [-0.4, -0.2) is 10.7 Å². The van der Waals surface area contributed by atoms with Gasteiger partial charge in [-0.15, -0.1) is 0 Å². The van der Waals surface area contributed by atoms with Crippen LogP contribution in [0.25, 0.3) is 11.1 Å². The minimum atomic E-state index is -0.456. The smallest absolute Gasteiger partial charge is 0.269 e. The van der Waals surface area contributed by atoms with E-state index in [4.69, 9.17) is 0 Å². The van der Waals surface area contributed by atoms with Gasteiger partial charge in [-0.1, -0.05) is 66.7 Å². The van der Waals surface area contributed by atoms with Gasteiger partial charge in [0, 0.05) is 24.1 Å². The molecule has 0 saturated heterocycles. The molecule has 0 amide bonds. The summed E-state index contributed by atoms with van der Waals surface area (Å²) in [4.78, 5) is 22.7. The van der Waals surface area contributed by atoms with Crippen molar-refractivity contribution in [1.29, 1.82) is 0 Å². The third-order valence-electron chi connectivity index (χ3n) is 3.80. The maximum absolute atomic E-state index is 12.4. The molecule has 0 aliphatic carbocycles. The van der Waals surface area contributed by atoms with E-state index < -0.39 is 4.92 Å². The van der Waals surface area contributed by atoms with E-state index in [1.165, 1.54) is 12.1 Å². The molecule has 0 saturated carbocycles. The van der Waals surface area contributed by atoms with Gasteiger partial charge in [0.25, 0.3) is 5.69 Å². The van der Waals surface area contributed by atoms with Crippen molar-refractivity contribution in [2.24, 2.45) is 0 Å². The molecule has 0 aliphatic rings. The van der Waals surface area contributed by atoms with Gasteiger partial charge < -0.3 is 0 Å². The summed E-state index contributed by atoms with van der Waals surface area (Å²) in [6.45, 7) is 0. The van der Waals surface area contributed by atoms with Crippen LogP contribution in [0.15, 0.2) is 78.9 Å². The Morgan fingerprint density at radius 1 is 0.833 bits per heavy atom. The highest BCUT2D eigenvalue weighted by atomic mass is 16.6. The average molecular weight is 317 g/mol. The molecule has 3 rings (SSSR count). The molecule has 0 atom stereocenters. The molecular formula is C20H15NO3. The topological polar surface area (TPSA) is 60.2 Å². The Bertz CT molecular complexity index is 871. The van der Waals surface area contributed by atoms with Crippen LogP contribution < -0.4 is 0 Å². The van der Waals surface area contributed by atoms with Crippen molar-refractivity contribution in [2.75, 3.05) is 0 Å². The van der Waals surface area contributed by atoms with Gasteiger partial charge in [-0.05, 0) is 16.7 Å². The highest BCUT2D eigenvalue weighted by Crippen LogP contribution is 2.20. The van der Waals surface area contributed by atoms with Crippen molar-refractivity contribution in [3.8, 4) is 11.1 Å². The summed E-state index contributed by atoms with van der Waals surface area (Å²) in [7, 11) is 0. The monoisotopic (exact) mass is 317 g/mol. The fourth-order valence-electron chi connectivity index (χ4n) is 2.55. The molecule has 118 valence electrons. The maximum Gasteiger partial charge on any atom is 0.269 e. The number of carbonyl (C=O) groups excluding carboxylic acids is 1. The van der Waals surface area contributed by atoms with Crippen molar-refractivity contribution < 1.29 is 9.72 Å². The van der Waals surface area contributed by atoms with Gasteiger partial charge in [0.05, 0.1) is 4.92 Å². The highest BCUT2D eigenvalue weighted by Gasteiger charge is 2.11. The Labute approximate surface area is 139 Å². The minimum absolute atomic E-state index is 0.000254. The van der Waals surface area contributed by atoms with Gasteiger partial charge in [0.1, 0.15) is 0 Å². The number of hydrogen-bond donors (Lipinski definition) is 0. The molecule has 3 aromatic carbocycles. The average Bonchev–Trinajstić information content (AvgIpc) is 2.63. The van der Waals surface area contributed by atoms with Gasteiger partial charge in [-0.3, -0.25) is 14.9 Å². The minimum Gasteiger partial charge on any atom is -0.294 e. The van der Waals surface area contributed by atoms with Crippen LogP contribution in [0.2, 0.25) is 0 Å². The Kier molecular flexibility index (Phi) is 4.47. The summed E-state index contributed by atoms with van der Waals surface area (Å²) in [6, 6.07) is 23.5. The zero-order chi connectivity index (χ0) is 16.9. The van der Waals surface area contributed by atoms with Crippen LogP contribution in [0.1, 0.15) is 15.9 Å². The first kappa shape index (κ1) is 15.6. The number of nitro groups is 1. The van der Waals surface area contributed by atoms with E-state index >= 15 is 0 Å². The highest BCUT2D eigenvalue weighted by molar-refractivity contribution is 5.98. The number of benzene rings is 3. The molecule has 0 radical (unpaired) electrons. The second kappa shape index (κ2) is 6.87. The zero-order valence-electron chi connectivity index (χ0n) is 12.9. The molecule has 0 unspecified atom stereocenters. The summed E-state index contributed by atoms with van der Waals surface area (Å²) in [5.74, 6) is -0.0601. The Balaban J connectivity index is 1.76. The quantitative estimate of drug-likeness (QED) is 0.390. The molecular weight excluding hydrogens is 302 g/mol. The normalized spacial score (nSPS) is 10.3. The van der Waals surface area contributed by atoms with E-state index in [9.17, 15) is 14.9 Å². The molecule has 24 heavy (non-hydrogen) atoms. The molecule has 3 aromatic rings. The van der Waals surface area contributed by atoms with E-state index in [1.54, 1.807) is 24.3 Å². The molecule has 0 bridgehead atoms. The Morgan fingerprint density at radius 2 is 1.50 bits per heavy atom. The zero-order valence-corrected chi connectivity index (χ0v) is 12.9. The summed E-state index contributed by atoms with van der Waals surface area (Å²) < 4.78 is 0. The van der Waals surface area contributed by atoms with E-state index in [-0.39, 0.29) is 17.9 Å². The SMILES string of the molecule is O=C(Cc1cccc([N+](=O)[O-])c1)c1ccc(-c2ccccc2)cc1. The molecule has 0 aliphatic heterocycles. The summed E-state index contributed by atoms with van der Waals surface area (Å²) in [6.07, 6.45) is 0.145. The predicted molar refractivity (Wildman–Crippen MR) is 93.0 cm³/mol. The van der Waals surface area contributed by atoms with Crippen LogP contribution in [-0.2, 0) is 6.42 Å².